The lowest BCUT2D eigenvalue weighted by Crippen LogP contribution is -2.48. The molecule has 1 aliphatic heterocycles. The summed E-state index contributed by atoms with van der Waals surface area (Å²) in [5.74, 6) is 1.69. The summed E-state index contributed by atoms with van der Waals surface area (Å²) >= 11 is 0. The minimum absolute atomic E-state index is 0.0490. The summed E-state index contributed by atoms with van der Waals surface area (Å²) in [6.07, 6.45) is 2.94. The van der Waals surface area contributed by atoms with Crippen LogP contribution in [0.15, 0.2) is 59.6 Å². The largest absolute Gasteiger partial charge is 0.497 e. The van der Waals surface area contributed by atoms with Crippen molar-refractivity contribution in [3.05, 3.63) is 65.7 Å². The fraction of sp³-hybridized carbons (Fsp3) is 0.500. The highest BCUT2D eigenvalue weighted by molar-refractivity contribution is 5.80. The van der Waals surface area contributed by atoms with E-state index in [4.69, 9.17) is 19.2 Å². The number of benzene rings is 2. The van der Waals surface area contributed by atoms with Crippen molar-refractivity contribution in [2.24, 2.45) is 4.99 Å². The predicted octanol–water partition coefficient (Wildman–Crippen LogP) is 3.91. The van der Waals surface area contributed by atoms with Gasteiger partial charge in [0, 0.05) is 44.9 Å². The highest BCUT2D eigenvalue weighted by atomic mass is 16.5. The summed E-state index contributed by atoms with van der Waals surface area (Å²) in [5.41, 5.74) is 2.56. The van der Waals surface area contributed by atoms with Gasteiger partial charge in [0.2, 0.25) is 0 Å². The van der Waals surface area contributed by atoms with Crippen molar-refractivity contribution < 1.29 is 14.2 Å². The fourth-order valence-electron chi connectivity index (χ4n) is 3.98. The number of nitrogens with one attached hydrogen (secondary N) is 2. The Balaban J connectivity index is 1.68. The predicted molar refractivity (Wildman–Crippen MR) is 129 cm³/mol. The molecule has 0 bridgehead atoms. The molecule has 0 spiro atoms. The van der Waals surface area contributed by atoms with Gasteiger partial charge < -0.3 is 24.8 Å². The second-order valence-electron chi connectivity index (χ2n) is 8.10. The molecule has 0 radical (unpaired) electrons. The normalized spacial score (nSPS) is 15.9. The van der Waals surface area contributed by atoms with Crippen molar-refractivity contribution in [2.75, 3.05) is 46.6 Å². The molecule has 2 N–H and O–H groups in total. The van der Waals surface area contributed by atoms with Crippen LogP contribution in [0.5, 0.6) is 5.75 Å². The summed E-state index contributed by atoms with van der Waals surface area (Å²) in [4.78, 5) is 4.86. The molecule has 1 fully saturated rings. The quantitative estimate of drug-likeness (QED) is 0.316. The van der Waals surface area contributed by atoms with E-state index in [-0.39, 0.29) is 5.41 Å². The maximum atomic E-state index is 5.68. The molecule has 1 saturated heterocycles. The average molecular weight is 440 g/mol. The molecule has 1 aliphatic rings. The summed E-state index contributed by atoms with van der Waals surface area (Å²) in [6.45, 7) is 7.34. The van der Waals surface area contributed by atoms with Crippen LogP contribution < -0.4 is 15.4 Å². The number of methoxy groups -OCH3 is 1. The fourth-order valence-corrected chi connectivity index (χ4v) is 3.98. The van der Waals surface area contributed by atoms with Gasteiger partial charge in [0.15, 0.2) is 5.96 Å². The van der Waals surface area contributed by atoms with Gasteiger partial charge in [0.25, 0.3) is 0 Å². The van der Waals surface area contributed by atoms with E-state index in [1.165, 1.54) is 5.56 Å². The third-order valence-corrected chi connectivity index (χ3v) is 5.97. The van der Waals surface area contributed by atoms with Crippen molar-refractivity contribution >= 4 is 5.96 Å². The molecule has 0 saturated carbocycles. The minimum Gasteiger partial charge on any atom is -0.497 e. The van der Waals surface area contributed by atoms with Crippen molar-refractivity contribution in [1.82, 2.24) is 10.6 Å². The molecule has 3 rings (SSSR count). The van der Waals surface area contributed by atoms with Gasteiger partial charge in [-0.05, 0) is 49.4 Å². The van der Waals surface area contributed by atoms with Crippen LogP contribution >= 0.6 is 0 Å². The van der Waals surface area contributed by atoms with Gasteiger partial charge in [-0.1, -0.05) is 42.5 Å². The molecule has 0 aliphatic carbocycles. The van der Waals surface area contributed by atoms with Gasteiger partial charge in [-0.25, -0.2) is 4.99 Å². The number of hydrogen-bond donors (Lipinski definition) is 2. The maximum absolute atomic E-state index is 5.68. The van der Waals surface area contributed by atoms with Crippen molar-refractivity contribution in [2.45, 2.75) is 38.1 Å². The summed E-state index contributed by atoms with van der Waals surface area (Å²) in [7, 11) is 1.68. The molecular formula is C26H37N3O3. The van der Waals surface area contributed by atoms with Crippen LogP contribution in [0.4, 0.5) is 0 Å². The van der Waals surface area contributed by atoms with Gasteiger partial charge in [0.05, 0.1) is 13.7 Å². The van der Waals surface area contributed by atoms with Gasteiger partial charge in [-0.2, -0.15) is 0 Å². The van der Waals surface area contributed by atoms with E-state index in [2.05, 4.69) is 53.1 Å². The zero-order chi connectivity index (χ0) is 22.5. The van der Waals surface area contributed by atoms with Crippen LogP contribution in [0.25, 0.3) is 0 Å². The number of guanidine groups is 1. The number of hydrogen-bond acceptors (Lipinski definition) is 4. The zero-order valence-electron chi connectivity index (χ0n) is 19.4. The smallest absolute Gasteiger partial charge is 0.191 e. The third-order valence-electron chi connectivity index (χ3n) is 5.97. The first-order valence-electron chi connectivity index (χ1n) is 11.6. The molecular weight excluding hydrogens is 402 g/mol. The molecule has 0 amide bonds. The zero-order valence-corrected chi connectivity index (χ0v) is 19.4. The van der Waals surface area contributed by atoms with Crippen molar-refractivity contribution in [1.29, 1.82) is 0 Å². The van der Waals surface area contributed by atoms with Gasteiger partial charge >= 0.3 is 0 Å². The van der Waals surface area contributed by atoms with Crippen LogP contribution in [0.1, 0.15) is 37.3 Å². The molecule has 0 unspecified atom stereocenters. The molecule has 0 aromatic heterocycles. The summed E-state index contributed by atoms with van der Waals surface area (Å²) < 4.78 is 16.4. The Morgan fingerprint density at radius 3 is 2.47 bits per heavy atom. The first kappa shape index (κ1) is 24.1. The standard InChI is InChI=1S/C26H37N3O3/c1-3-31-17-7-16-27-25(28-20-22-10-12-24(30-2)13-11-22)29-21-26(14-18-32-19-15-26)23-8-5-4-6-9-23/h4-6,8-13H,3,7,14-21H2,1-2H3,(H2,27,28,29). The second kappa shape index (κ2) is 13.1. The third kappa shape index (κ3) is 7.24. The topological polar surface area (TPSA) is 64.1 Å². The van der Waals surface area contributed by atoms with Crippen molar-refractivity contribution in [3.8, 4) is 5.75 Å². The van der Waals surface area contributed by atoms with E-state index in [0.29, 0.717) is 6.54 Å². The Morgan fingerprint density at radius 2 is 1.78 bits per heavy atom. The molecule has 6 heteroatoms. The highest BCUT2D eigenvalue weighted by Crippen LogP contribution is 2.34. The lowest BCUT2D eigenvalue weighted by molar-refractivity contribution is 0.0513. The lowest BCUT2D eigenvalue weighted by Gasteiger charge is -2.38. The molecule has 174 valence electrons. The molecule has 2 aromatic rings. The first-order chi connectivity index (χ1) is 15.8. The lowest BCUT2D eigenvalue weighted by atomic mass is 9.74. The molecule has 6 nitrogen and oxygen atoms in total. The number of rotatable bonds is 11. The number of aliphatic imine (C=N–C) groups is 1. The van der Waals surface area contributed by atoms with Crippen LogP contribution in [-0.2, 0) is 21.4 Å². The second-order valence-corrected chi connectivity index (χ2v) is 8.10. The number of nitrogens with zero attached hydrogens (tertiary/aromatic N) is 1. The van der Waals surface area contributed by atoms with E-state index in [1.807, 2.05) is 19.1 Å². The molecule has 1 heterocycles. The average Bonchev–Trinajstić information content (AvgIpc) is 2.86. The van der Waals surface area contributed by atoms with Gasteiger partial charge in [-0.15, -0.1) is 0 Å². The van der Waals surface area contributed by atoms with E-state index in [9.17, 15) is 0 Å². The SMILES string of the molecule is CCOCCCNC(=NCc1ccc(OC)cc1)NCC1(c2ccccc2)CCOCC1. The van der Waals surface area contributed by atoms with E-state index in [1.54, 1.807) is 7.11 Å². The highest BCUT2D eigenvalue weighted by Gasteiger charge is 2.34. The van der Waals surface area contributed by atoms with Crippen LogP contribution in [0, 0.1) is 0 Å². The summed E-state index contributed by atoms with van der Waals surface area (Å²) in [6, 6.07) is 18.8. The van der Waals surface area contributed by atoms with Crippen LogP contribution in [0.2, 0.25) is 0 Å². The van der Waals surface area contributed by atoms with Gasteiger partial charge in [0.1, 0.15) is 5.75 Å². The number of ether oxygens (including phenoxy) is 3. The maximum Gasteiger partial charge on any atom is 0.191 e. The monoisotopic (exact) mass is 439 g/mol. The van der Waals surface area contributed by atoms with Gasteiger partial charge in [-0.3, -0.25) is 0 Å². The van der Waals surface area contributed by atoms with Crippen LogP contribution in [0.3, 0.4) is 0 Å². The summed E-state index contributed by atoms with van der Waals surface area (Å²) in [5, 5.41) is 7.11. The Morgan fingerprint density at radius 1 is 1.03 bits per heavy atom. The van der Waals surface area contributed by atoms with Crippen molar-refractivity contribution in [3.63, 3.8) is 0 Å². The molecule has 0 atom stereocenters. The first-order valence-corrected chi connectivity index (χ1v) is 11.6. The minimum atomic E-state index is 0.0490. The molecule has 32 heavy (non-hydrogen) atoms. The Labute approximate surface area is 192 Å². The molecule has 2 aromatic carbocycles. The Kier molecular flexibility index (Phi) is 9.85. The Hall–Kier alpha value is -2.57. The van der Waals surface area contributed by atoms with E-state index in [0.717, 1.165) is 76.1 Å². The van der Waals surface area contributed by atoms with E-state index >= 15 is 0 Å². The Bertz CT molecular complexity index is 803. The van der Waals surface area contributed by atoms with Crippen LogP contribution in [-0.4, -0.2) is 52.6 Å². The van der Waals surface area contributed by atoms with E-state index < -0.39 is 0 Å².